The van der Waals surface area contributed by atoms with Gasteiger partial charge in [-0.2, -0.15) is 5.11 Å². The fourth-order valence-corrected chi connectivity index (χ4v) is 3.23. The van der Waals surface area contributed by atoms with Crippen LogP contribution in [0.2, 0.25) is 0 Å². The van der Waals surface area contributed by atoms with Crippen LogP contribution < -0.4 is 9.91 Å². The van der Waals surface area contributed by atoms with Gasteiger partial charge < -0.3 is 0 Å². The van der Waals surface area contributed by atoms with Gasteiger partial charge in [0, 0.05) is 0 Å². The smallest absolute Gasteiger partial charge is 0.263 e. The summed E-state index contributed by atoms with van der Waals surface area (Å²) in [5.41, 5.74) is 2.52. The Labute approximate surface area is 149 Å². The number of benzene rings is 2. The van der Waals surface area contributed by atoms with Crippen LogP contribution in [0.5, 0.6) is 0 Å². The molecule has 7 heteroatoms. The van der Waals surface area contributed by atoms with Crippen molar-refractivity contribution in [3.05, 3.63) is 59.4 Å². The molecule has 2 aliphatic heterocycles. The van der Waals surface area contributed by atoms with Crippen molar-refractivity contribution in [3.63, 3.8) is 0 Å². The lowest BCUT2D eigenvalue weighted by Crippen LogP contribution is -2.40. The van der Waals surface area contributed by atoms with E-state index < -0.39 is 29.7 Å². The highest BCUT2D eigenvalue weighted by atomic mass is 19.1. The topological polar surface area (TPSA) is 65.3 Å². The maximum absolute atomic E-state index is 13.9. The van der Waals surface area contributed by atoms with Crippen molar-refractivity contribution < 1.29 is 14.0 Å². The lowest BCUT2D eigenvalue weighted by atomic mass is 10.1. The van der Waals surface area contributed by atoms with Crippen molar-refractivity contribution in [2.24, 2.45) is 10.3 Å². The molecule has 0 aromatic heterocycles. The number of aryl methyl sites for hydroxylation is 2. The Hall–Kier alpha value is -3.09. The molecule has 0 bridgehead atoms. The average Bonchev–Trinajstić information content (AvgIpc) is 3.18. The van der Waals surface area contributed by atoms with E-state index in [-0.39, 0.29) is 0 Å². The molecule has 2 aliphatic rings. The Bertz CT molecular complexity index is 926. The van der Waals surface area contributed by atoms with E-state index in [9.17, 15) is 14.0 Å². The fourth-order valence-electron chi connectivity index (χ4n) is 3.23. The summed E-state index contributed by atoms with van der Waals surface area (Å²) in [6.45, 7) is 3.68. The largest absolute Gasteiger partial charge is 0.271 e. The molecule has 0 unspecified atom stereocenters. The Morgan fingerprint density at radius 1 is 1.04 bits per heavy atom. The number of hydrogen-bond donors (Lipinski definition) is 0. The minimum Gasteiger partial charge on any atom is -0.271 e. The molecule has 0 saturated carbocycles. The van der Waals surface area contributed by atoms with Gasteiger partial charge in [-0.3, -0.25) is 9.59 Å². The van der Waals surface area contributed by atoms with Gasteiger partial charge >= 0.3 is 0 Å². The molecule has 1 saturated heterocycles. The highest BCUT2D eigenvalue weighted by molar-refractivity contribution is 6.26. The zero-order valence-electron chi connectivity index (χ0n) is 14.4. The SMILES string of the molecule is CCc1ccc(N2C(=O)[C@H]3N=NN(c4ccc(C)c(F)c4)[C@H]3C2=O)cc1. The summed E-state index contributed by atoms with van der Waals surface area (Å²) in [6, 6.07) is 10.1. The van der Waals surface area contributed by atoms with E-state index in [1.807, 2.05) is 19.1 Å². The van der Waals surface area contributed by atoms with Crippen molar-refractivity contribution in [2.75, 3.05) is 9.91 Å². The number of carbonyl (C=O) groups excluding carboxylic acids is 2. The highest BCUT2D eigenvalue weighted by Crippen LogP contribution is 2.35. The molecule has 2 aromatic carbocycles. The molecule has 4 rings (SSSR count). The van der Waals surface area contributed by atoms with E-state index in [2.05, 4.69) is 10.3 Å². The standard InChI is InChI=1S/C19H17FN4O2/c1-3-12-5-8-13(9-6-12)23-18(25)16-17(19(23)26)24(22-21-16)14-7-4-11(2)15(20)10-14/h4-10,16-17H,3H2,1-2H3/t16-,17+/m0/s1. The fraction of sp³-hybridized carbons (Fsp3) is 0.263. The minimum absolute atomic E-state index is 0.397. The molecule has 6 nitrogen and oxygen atoms in total. The van der Waals surface area contributed by atoms with Crippen molar-refractivity contribution >= 4 is 23.2 Å². The second-order valence-corrected chi connectivity index (χ2v) is 6.40. The molecule has 2 aromatic rings. The van der Waals surface area contributed by atoms with Crippen LogP contribution in [0.15, 0.2) is 52.8 Å². The average molecular weight is 352 g/mol. The number of rotatable bonds is 3. The number of carbonyl (C=O) groups is 2. The molecular formula is C19H17FN4O2. The summed E-state index contributed by atoms with van der Waals surface area (Å²) in [4.78, 5) is 26.8. The monoisotopic (exact) mass is 352 g/mol. The first-order valence-electron chi connectivity index (χ1n) is 8.44. The molecule has 2 atom stereocenters. The van der Waals surface area contributed by atoms with E-state index >= 15 is 0 Å². The number of halogens is 1. The molecule has 26 heavy (non-hydrogen) atoms. The maximum Gasteiger partial charge on any atom is 0.263 e. The quantitative estimate of drug-likeness (QED) is 0.797. The van der Waals surface area contributed by atoms with Crippen molar-refractivity contribution in [1.29, 1.82) is 0 Å². The third-order valence-corrected chi connectivity index (χ3v) is 4.80. The van der Waals surface area contributed by atoms with Crippen LogP contribution in [0.4, 0.5) is 15.8 Å². The maximum atomic E-state index is 13.9. The molecule has 2 amide bonds. The van der Waals surface area contributed by atoms with Gasteiger partial charge in [-0.1, -0.05) is 30.3 Å². The molecule has 1 fully saturated rings. The second kappa shape index (κ2) is 6.01. The van der Waals surface area contributed by atoms with Crippen LogP contribution in [0.3, 0.4) is 0 Å². The van der Waals surface area contributed by atoms with E-state index in [1.165, 1.54) is 11.1 Å². The van der Waals surface area contributed by atoms with Crippen LogP contribution in [-0.2, 0) is 16.0 Å². The number of nitrogens with zero attached hydrogens (tertiary/aromatic N) is 4. The van der Waals surface area contributed by atoms with E-state index in [4.69, 9.17) is 0 Å². The van der Waals surface area contributed by atoms with Gasteiger partial charge in [-0.25, -0.2) is 14.3 Å². The summed E-state index contributed by atoms with van der Waals surface area (Å²) in [7, 11) is 0. The molecule has 0 spiro atoms. The zero-order chi connectivity index (χ0) is 18.4. The van der Waals surface area contributed by atoms with Gasteiger partial charge in [-0.15, -0.1) is 0 Å². The van der Waals surface area contributed by atoms with Crippen molar-refractivity contribution in [1.82, 2.24) is 0 Å². The number of anilines is 2. The van der Waals surface area contributed by atoms with Gasteiger partial charge in [0.1, 0.15) is 5.82 Å². The van der Waals surface area contributed by atoms with Gasteiger partial charge in [0.2, 0.25) is 0 Å². The van der Waals surface area contributed by atoms with E-state index in [0.29, 0.717) is 16.9 Å². The third-order valence-electron chi connectivity index (χ3n) is 4.80. The van der Waals surface area contributed by atoms with Crippen LogP contribution in [0.25, 0.3) is 0 Å². The zero-order valence-corrected chi connectivity index (χ0v) is 14.4. The Balaban J connectivity index is 1.67. The van der Waals surface area contributed by atoms with Gasteiger partial charge in [0.15, 0.2) is 12.1 Å². The molecule has 0 radical (unpaired) electrons. The van der Waals surface area contributed by atoms with Gasteiger partial charge in [-0.05, 0) is 48.7 Å². The predicted octanol–water partition coefficient (Wildman–Crippen LogP) is 3.19. The lowest BCUT2D eigenvalue weighted by molar-refractivity contribution is -0.121. The molecule has 0 aliphatic carbocycles. The number of amides is 2. The first-order valence-corrected chi connectivity index (χ1v) is 8.44. The van der Waals surface area contributed by atoms with Crippen LogP contribution >= 0.6 is 0 Å². The summed E-state index contributed by atoms with van der Waals surface area (Å²) in [5, 5.41) is 9.23. The lowest BCUT2D eigenvalue weighted by Gasteiger charge is -2.21. The van der Waals surface area contributed by atoms with Crippen LogP contribution in [-0.4, -0.2) is 23.9 Å². The van der Waals surface area contributed by atoms with Crippen LogP contribution in [0.1, 0.15) is 18.1 Å². The van der Waals surface area contributed by atoms with E-state index in [0.717, 1.165) is 16.9 Å². The van der Waals surface area contributed by atoms with E-state index in [1.54, 1.807) is 31.2 Å². The normalized spacial score (nSPS) is 21.7. The predicted molar refractivity (Wildman–Crippen MR) is 94.4 cm³/mol. The summed E-state index contributed by atoms with van der Waals surface area (Å²) in [5.74, 6) is -1.22. The number of hydrogen-bond acceptors (Lipinski definition) is 5. The first-order chi connectivity index (χ1) is 12.5. The molecule has 132 valence electrons. The number of fused-ring (bicyclic) bond motifs is 1. The summed E-state index contributed by atoms with van der Waals surface area (Å²) in [6.07, 6.45) is 0.869. The number of imide groups is 1. The second-order valence-electron chi connectivity index (χ2n) is 6.40. The Kier molecular flexibility index (Phi) is 3.79. The molecule has 2 heterocycles. The Morgan fingerprint density at radius 3 is 2.38 bits per heavy atom. The summed E-state index contributed by atoms with van der Waals surface area (Å²) >= 11 is 0. The van der Waals surface area contributed by atoms with Gasteiger partial charge in [0.05, 0.1) is 11.4 Å². The van der Waals surface area contributed by atoms with Crippen molar-refractivity contribution in [2.45, 2.75) is 32.4 Å². The van der Waals surface area contributed by atoms with Crippen molar-refractivity contribution in [3.8, 4) is 0 Å². The summed E-state index contributed by atoms with van der Waals surface area (Å²) < 4.78 is 13.9. The van der Waals surface area contributed by atoms with Gasteiger partial charge in [0.25, 0.3) is 11.8 Å². The minimum atomic E-state index is -0.905. The Morgan fingerprint density at radius 2 is 1.73 bits per heavy atom. The third kappa shape index (κ3) is 2.39. The van der Waals surface area contributed by atoms with Crippen LogP contribution in [0, 0.1) is 12.7 Å². The molecular weight excluding hydrogens is 335 g/mol. The first kappa shape index (κ1) is 16.4. The molecule has 0 N–H and O–H groups in total. The highest BCUT2D eigenvalue weighted by Gasteiger charge is 2.55.